The van der Waals surface area contributed by atoms with Gasteiger partial charge in [-0.2, -0.15) is 9.40 Å². The lowest BCUT2D eigenvalue weighted by molar-refractivity contribution is -0.120. The molecule has 0 unspecified atom stereocenters. The van der Waals surface area contributed by atoms with Crippen LogP contribution in [-0.4, -0.2) is 53.2 Å². The molecule has 2 aromatic carbocycles. The number of carbonyl (C=O) groups is 3. The molecule has 2 heterocycles. The maximum absolute atomic E-state index is 13.0. The summed E-state index contributed by atoms with van der Waals surface area (Å²) in [6.45, 7) is 1.82. The first-order valence-corrected chi connectivity index (χ1v) is 12.5. The molecule has 1 fully saturated rings. The standard InChI is InChI=1S/C24H25N5O5S/c1-16(30)18-3-2-4-21(15-18)35(33,34)28-12-9-17(10-13-28)24(32)26-19-5-7-20(8-6-19)29-14-11-22(27-29)23(25)31/h2-8,11,14-15,17H,9-10,12-13H2,1H3,(H2,25,31)(H,26,32). The van der Waals surface area contributed by atoms with Crippen molar-refractivity contribution in [1.82, 2.24) is 14.1 Å². The lowest BCUT2D eigenvalue weighted by Gasteiger charge is -2.30. The molecule has 11 heteroatoms. The summed E-state index contributed by atoms with van der Waals surface area (Å²) in [7, 11) is -3.75. The Morgan fingerprint density at radius 2 is 1.71 bits per heavy atom. The van der Waals surface area contributed by atoms with Crippen molar-refractivity contribution in [2.75, 3.05) is 18.4 Å². The van der Waals surface area contributed by atoms with Crippen molar-refractivity contribution in [3.63, 3.8) is 0 Å². The highest BCUT2D eigenvalue weighted by Gasteiger charge is 2.32. The molecule has 35 heavy (non-hydrogen) atoms. The van der Waals surface area contributed by atoms with E-state index in [4.69, 9.17) is 5.73 Å². The Hall–Kier alpha value is -3.83. The van der Waals surface area contributed by atoms with Crippen LogP contribution in [0.25, 0.3) is 5.69 Å². The van der Waals surface area contributed by atoms with E-state index in [1.807, 2.05) is 0 Å². The first-order chi connectivity index (χ1) is 16.6. The number of sulfonamides is 1. The molecule has 1 aliphatic heterocycles. The maximum Gasteiger partial charge on any atom is 0.269 e. The molecular formula is C24H25N5O5S. The number of piperidine rings is 1. The summed E-state index contributed by atoms with van der Waals surface area (Å²) in [5.74, 6) is -1.32. The number of nitrogens with one attached hydrogen (secondary N) is 1. The molecule has 1 saturated heterocycles. The second kappa shape index (κ2) is 9.80. The van der Waals surface area contributed by atoms with Gasteiger partial charge in [-0.05, 0) is 62.2 Å². The zero-order valence-corrected chi connectivity index (χ0v) is 19.9. The summed E-state index contributed by atoms with van der Waals surface area (Å²) in [5, 5.41) is 6.96. The van der Waals surface area contributed by atoms with Gasteiger partial charge in [0.25, 0.3) is 5.91 Å². The SMILES string of the molecule is CC(=O)c1cccc(S(=O)(=O)N2CCC(C(=O)Nc3ccc(-n4ccc(C(N)=O)n4)cc3)CC2)c1. The molecule has 1 aromatic heterocycles. The van der Waals surface area contributed by atoms with Gasteiger partial charge in [0.2, 0.25) is 15.9 Å². The van der Waals surface area contributed by atoms with Crippen LogP contribution in [0.2, 0.25) is 0 Å². The number of hydrogen-bond donors (Lipinski definition) is 2. The van der Waals surface area contributed by atoms with Crippen LogP contribution in [0.1, 0.15) is 40.6 Å². The molecule has 0 radical (unpaired) electrons. The molecule has 0 saturated carbocycles. The fraction of sp³-hybridized carbons (Fsp3) is 0.250. The number of amides is 2. The van der Waals surface area contributed by atoms with Gasteiger partial charge in [0.05, 0.1) is 10.6 Å². The van der Waals surface area contributed by atoms with Crippen LogP contribution in [0.4, 0.5) is 5.69 Å². The maximum atomic E-state index is 13.0. The highest BCUT2D eigenvalue weighted by atomic mass is 32.2. The van der Waals surface area contributed by atoms with Gasteiger partial charge < -0.3 is 11.1 Å². The van der Waals surface area contributed by atoms with E-state index in [1.54, 1.807) is 42.6 Å². The number of rotatable bonds is 7. The molecule has 10 nitrogen and oxygen atoms in total. The van der Waals surface area contributed by atoms with Crippen molar-refractivity contribution < 1.29 is 22.8 Å². The van der Waals surface area contributed by atoms with Crippen LogP contribution in [0.5, 0.6) is 0 Å². The summed E-state index contributed by atoms with van der Waals surface area (Å²) in [5.41, 5.74) is 7.01. The van der Waals surface area contributed by atoms with E-state index in [1.165, 1.54) is 34.1 Å². The number of hydrogen-bond acceptors (Lipinski definition) is 6. The Morgan fingerprint density at radius 3 is 2.31 bits per heavy atom. The van der Waals surface area contributed by atoms with E-state index < -0.39 is 15.9 Å². The Morgan fingerprint density at radius 1 is 1.03 bits per heavy atom. The molecule has 1 aliphatic rings. The molecule has 0 aliphatic carbocycles. The summed E-state index contributed by atoms with van der Waals surface area (Å²) in [4.78, 5) is 35.7. The van der Waals surface area contributed by atoms with Crippen LogP contribution in [0, 0.1) is 5.92 Å². The zero-order valence-electron chi connectivity index (χ0n) is 19.0. The number of ketones is 1. The fourth-order valence-corrected chi connectivity index (χ4v) is 5.44. The van der Waals surface area contributed by atoms with Crippen molar-refractivity contribution in [2.24, 2.45) is 11.7 Å². The first-order valence-electron chi connectivity index (χ1n) is 11.0. The molecule has 4 rings (SSSR count). The number of primary amides is 1. The highest BCUT2D eigenvalue weighted by Crippen LogP contribution is 2.26. The highest BCUT2D eigenvalue weighted by molar-refractivity contribution is 7.89. The van der Waals surface area contributed by atoms with Crippen LogP contribution in [-0.2, 0) is 14.8 Å². The average Bonchev–Trinajstić information content (AvgIpc) is 3.35. The first kappa shape index (κ1) is 24.3. The fourth-order valence-electron chi connectivity index (χ4n) is 3.92. The van der Waals surface area contributed by atoms with Crippen LogP contribution in [0.3, 0.4) is 0 Å². The summed E-state index contributed by atoms with van der Waals surface area (Å²) >= 11 is 0. The van der Waals surface area contributed by atoms with Gasteiger partial charge in [-0.25, -0.2) is 13.1 Å². The normalized spacial score (nSPS) is 15.0. The number of benzene rings is 2. The number of nitrogens with zero attached hydrogens (tertiary/aromatic N) is 3. The Labute approximate surface area is 202 Å². The largest absolute Gasteiger partial charge is 0.364 e. The molecule has 0 bridgehead atoms. The van der Waals surface area contributed by atoms with E-state index in [-0.39, 0.29) is 41.3 Å². The summed E-state index contributed by atoms with van der Waals surface area (Å²) in [6.07, 6.45) is 2.39. The predicted molar refractivity (Wildman–Crippen MR) is 129 cm³/mol. The molecule has 0 spiro atoms. The second-order valence-corrected chi connectivity index (χ2v) is 10.2. The second-order valence-electron chi connectivity index (χ2n) is 8.31. The lowest BCUT2D eigenvalue weighted by atomic mass is 9.97. The van der Waals surface area contributed by atoms with E-state index in [2.05, 4.69) is 10.4 Å². The van der Waals surface area contributed by atoms with Crippen LogP contribution < -0.4 is 11.1 Å². The Balaban J connectivity index is 1.35. The van der Waals surface area contributed by atoms with E-state index in [0.29, 0.717) is 29.8 Å². The number of anilines is 1. The monoisotopic (exact) mass is 495 g/mol. The zero-order chi connectivity index (χ0) is 25.2. The third kappa shape index (κ3) is 5.31. The smallest absolute Gasteiger partial charge is 0.269 e. The van der Waals surface area contributed by atoms with Crippen molar-refractivity contribution in [2.45, 2.75) is 24.7 Å². The van der Waals surface area contributed by atoms with Gasteiger partial charge in [-0.3, -0.25) is 14.4 Å². The predicted octanol–water partition coefficient (Wildman–Crippen LogP) is 2.21. The third-order valence-corrected chi connectivity index (χ3v) is 7.84. The minimum atomic E-state index is -3.75. The average molecular weight is 496 g/mol. The van der Waals surface area contributed by atoms with E-state index >= 15 is 0 Å². The topological polar surface area (TPSA) is 144 Å². The van der Waals surface area contributed by atoms with E-state index in [9.17, 15) is 22.8 Å². The molecule has 2 amide bonds. The molecule has 0 atom stereocenters. The van der Waals surface area contributed by atoms with Gasteiger partial charge in [0.1, 0.15) is 5.69 Å². The van der Waals surface area contributed by atoms with Gasteiger partial charge in [0.15, 0.2) is 5.78 Å². The van der Waals surface area contributed by atoms with Crippen molar-refractivity contribution in [1.29, 1.82) is 0 Å². The van der Waals surface area contributed by atoms with Crippen LogP contribution >= 0.6 is 0 Å². The molecule has 3 aromatic rings. The number of Topliss-reactive ketones (excluding diaryl/α,β-unsaturated/α-hetero) is 1. The third-order valence-electron chi connectivity index (χ3n) is 5.94. The number of carbonyl (C=O) groups excluding carboxylic acids is 3. The van der Waals surface area contributed by atoms with Crippen molar-refractivity contribution >= 4 is 33.3 Å². The van der Waals surface area contributed by atoms with Gasteiger partial charge >= 0.3 is 0 Å². The molecule has 3 N–H and O–H groups in total. The Kier molecular flexibility index (Phi) is 6.81. The van der Waals surface area contributed by atoms with Crippen molar-refractivity contribution in [3.8, 4) is 5.69 Å². The van der Waals surface area contributed by atoms with Gasteiger partial charge in [0, 0.05) is 36.5 Å². The van der Waals surface area contributed by atoms with Gasteiger partial charge in [-0.1, -0.05) is 12.1 Å². The minimum absolute atomic E-state index is 0.0772. The lowest BCUT2D eigenvalue weighted by Crippen LogP contribution is -2.41. The Bertz CT molecular complexity index is 1370. The molecule has 182 valence electrons. The number of aromatic nitrogens is 2. The molecular weight excluding hydrogens is 470 g/mol. The van der Waals surface area contributed by atoms with Crippen LogP contribution in [0.15, 0.2) is 65.7 Å². The van der Waals surface area contributed by atoms with E-state index in [0.717, 1.165) is 0 Å². The van der Waals surface area contributed by atoms with Crippen molar-refractivity contribution in [3.05, 3.63) is 72.1 Å². The summed E-state index contributed by atoms with van der Waals surface area (Å²) in [6, 6.07) is 14.5. The summed E-state index contributed by atoms with van der Waals surface area (Å²) < 4.78 is 28.9. The number of nitrogens with two attached hydrogens (primary N) is 1. The van der Waals surface area contributed by atoms with Gasteiger partial charge in [-0.15, -0.1) is 0 Å². The minimum Gasteiger partial charge on any atom is -0.364 e. The quantitative estimate of drug-likeness (QED) is 0.481.